The van der Waals surface area contributed by atoms with E-state index in [4.69, 9.17) is 5.11 Å². The number of hydrogen-bond donors (Lipinski definition) is 1. The molecular weight excluding hydrogens is 278 g/mol. The van der Waals surface area contributed by atoms with E-state index in [0.717, 1.165) is 5.56 Å². The van der Waals surface area contributed by atoms with E-state index in [0.29, 0.717) is 18.5 Å². The molecular formula is C14H21NO4S. The fourth-order valence-corrected chi connectivity index (χ4v) is 3.36. The van der Waals surface area contributed by atoms with Crippen molar-refractivity contribution in [3.05, 3.63) is 35.4 Å². The lowest BCUT2D eigenvalue weighted by atomic mass is 10.0. The molecule has 1 rings (SSSR count). The van der Waals surface area contributed by atoms with Crippen molar-refractivity contribution in [2.24, 2.45) is 0 Å². The third-order valence-electron chi connectivity index (χ3n) is 2.95. The van der Waals surface area contributed by atoms with Crippen molar-refractivity contribution in [1.29, 1.82) is 0 Å². The van der Waals surface area contributed by atoms with E-state index in [1.807, 2.05) is 19.0 Å². The van der Waals surface area contributed by atoms with E-state index >= 15 is 0 Å². The zero-order valence-electron chi connectivity index (χ0n) is 11.9. The minimum atomic E-state index is -3.18. The number of nitrogens with zero attached hydrogens (tertiary/aromatic N) is 1. The van der Waals surface area contributed by atoms with Crippen molar-refractivity contribution in [3.8, 4) is 0 Å². The fraction of sp³-hybridized carbons (Fsp3) is 0.500. The quantitative estimate of drug-likeness (QED) is 0.780. The third-order valence-corrected chi connectivity index (χ3v) is 4.51. The summed E-state index contributed by atoms with van der Waals surface area (Å²) in [5.41, 5.74) is 1.50. The highest BCUT2D eigenvalue weighted by Crippen LogP contribution is 2.15. The van der Waals surface area contributed by atoms with E-state index in [9.17, 15) is 13.2 Å². The standard InChI is InChI=1S/C14H21NO4S/c1-15(2)9-10-20(18,19)11-13-6-4-3-5-12(13)7-8-14(16)17/h3-6H,7-11H2,1-2H3,(H,16,17). The van der Waals surface area contributed by atoms with Crippen molar-refractivity contribution >= 4 is 15.8 Å². The molecule has 0 spiro atoms. The smallest absolute Gasteiger partial charge is 0.303 e. The molecule has 0 bridgehead atoms. The zero-order chi connectivity index (χ0) is 15.2. The van der Waals surface area contributed by atoms with Gasteiger partial charge < -0.3 is 10.0 Å². The van der Waals surface area contributed by atoms with Crippen molar-refractivity contribution in [3.63, 3.8) is 0 Å². The Morgan fingerprint density at radius 1 is 1.20 bits per heavy atom. The maximum Gasteiger partial charge on any atom is 0.303 e. The first-order valence-electron chi connectivity index (χ1n) is 6.44. The maximum atomic E-state index is 12.1. The van der Waals surface area contributed by atoms with Gasteiger partial charge in [-0.3, -0.25) is 4.79 Å². The molecule has 5 nitrogen and oxygen atoms in total. The van der Waals surface area contributed by atoms with Crippen LogP contribution in [0.4, 0.5) is 0 Å². The number of carboxylic acids is 1. The van der Waals surface area contributed by atoms with Crippen LogP contribution in [0.2, 0.25) is 0 Å². The lowest BCUT2D eigenvalue weighted by Gasteiger charge is -2.12. The van der Waals surface area contributed by atoms with Crippen molar-refractivity contribution in [2.45, 2.75) is 18.6 Å². The highest BCUT2D eigenvalue weighted by Gasteiger charge is 2.15. The summed E-state index contributed by atoms with van der Waals surface area (Å²) < 4.78 is 24.1. The normalized spacial score (nSPS) is 11.8. The Labute approximate surface area is 120 Å². The van der Waals surface area contributed by atoms with Crippen molar-refractivity contribution < 1.29 is 18.3 Å². The number of carboxylic acid groups (broad SMARTS) is 1. The first kappa shape index (κ1) is 16.7. The van der Waals surface area contributed by atoms with Crippen LogP contribution >= 0.6 is 0 Å². The first-order valence-corrected chi connectivity index (χ1v) is 8.26. The summed E-state index contributed by atoms with van der Waals surface area (Å²) in [5, 5.41) is 8.72. The topological polar surface area (TPSA) is 74.7 Å². The average molecular weight is 299 g/mol. The SMILES string of the molecule is CN(C)CCS(=O)(=O)Cc1ccccc1CCC(=O)O. The van der Waals surface area contributed by atoms with Gasteiger partial charge in [-0.05, 0) is 31.6 Å². The average Bonchev–Trinajstić information content (AvgIpc) is 2.35. The van der Waals surface area contributed by atoms with Gasteiger partial charge >= 0.3 is 5.97 Å². The Balaban J connectivity index is 2.78. The molecule has 0 saturated carbocycles. The van der Waals surface area contributed by atoms with Crippen LogP contribution in [0.3, 0.4) is 0 Å². The number of aryl methyl sites for hydroxylation is 1. The minimum absolute atomic E-state index is 0.00869. The van der Waals surface area contributed by atoms with Crippen LogP contribution in [0.1, 0.15) is 17.5 Å². The molecule has 0 aliphatic carbocycles. The lowest BCUT2D eigenvalue weighted by molar-refractivity contribution is -0.136. The Morgan fingerprint density at radius 2 is 1.80 bits per heavy atom. The molecule has 0 amide bonds. The summed E-state index contributed by atoms with van der Waals surface area (Å²) in [7, 11) is 0.480. The Morgan fingerprint density at radius 3 is 2.35 bits per heavy atom. The Bertz CT molecular complexity index is 552. The molecule has 20 heavy (non-hydrogen) atoms. The number of hydrogen-bond acceptors (Lipinski definition) is 4. The first-order chi connectivity index (χ1) is 9.30. The van der Waals surface area contributed by atoms with E-state index in [-0.39, 0.29) is 17.9 Å². The lowest BCUT2D eigenvalue weighted by Crippen LogP contribution is -2.23. The Hall–Kier alpha value is -1.40. The zero-order valence-corrected chi connectivity index (χ0v) is 12.7. The predicted molar refractivity (Wildman–Crippen MR) is 78.4 cm³/mol. The molecule has 0 aromatic heterocycles. The second kappa shape index (κ2) is 7.40. The van der Waals surface area contributed by atoms with E-state index in [1.165, 1.54) is 0 Å². The predicted octanol–water partition coefficient (Wildman–Crippen LogP) is 1.18. The van der Waals surface area contributed by atoms with Crippen LogP contribution in [-0.2, 0) is 26.8 Å². The van der Waals surface area contributed by atoms with Gasteiger partial charge in [0, 0.05) is 13.0 Å². The van der Waals surface area contributed by atoms with Gasteiger partial charge in [0.15, 0.2) is 9.84 Å². The second-order valence-corrected chi connectivity index (χ2v) is 7.24. The van der Waals surface area contributed by atoms with Crippen molar-refractivity contribution in [2.75, 3.05) is 26.4 Å². The minimum Gasteiger partial charge on any atom is -0.481 e. The van der Waals surface area contributed by atoms with Gasteiger partial charge in [-0.15, -0.1) is 0 Å². The molecule has 1 aromatic rings. The third kappa shape index (κ3) is 6.16. The van der Waals surface area contributed by atoms with Crippen LogP contribution in [0.25, 0.3) is 0 Å². The van der Waals surface area contributed by atoms with E-state index < -0.39 is 15.8 Å². The number of sulfone groups is 1. The molecule has 0 saturated heterocycles. The number of aliphatic carboxylic acids is 1. The molecule has 1 aromatic carbocycles. The molecule has 0 aliphatic heterocycles. The van der Waals surface area contributed by atoms with Gasteiger partial charge in [0.2, 0.25) is 0 Å². The molecule has 6 heteroatoms. The number of rotatable bonds is 8. The fourth-order valence-electron chi connectivity index (χ4n) is 1.81. The van der Waals surface area contributed by atoms with Crippen LogP contribution in [0.15, 0.2) is 24.3 Å². The summed E-state index contributed by atoms with van der Waals surface area (Å²) in [4.78, 5) is 12.5. The van der Waals surface area contributed by atoms with Gasteiger partial charge in [-0.1, -0.05) is 24.3 Å². The van der Waals surface area contributed by atoms with Crippen LogP contribution < -0.4 is 0 Å². The largest absolute Gasteiger partial charge is 0.481 e. The summed E-state index contributed by atoms with van der Waals surface area (Å²) in [6, 6.07) is 7.12. The van der Waals surface area contributed by atoms with E-state index in [1.54, 1.807) is 24.3 Å². The van der Waals surface area contributed by atoms with Gasteiger partial charge in [0.05, 0.1) is 11.5 Å². The molecule has 0 radical (unpaired) electrons. The monoisotopic (exact) mass is 299 g/mol. The molecule has 0 fully saturated rings. The molecule has 0 atom stereocenters. The van der Waals surface area contributed by atoms with Crippen LogP contribution in [0, 0.1) is 0 Å². The van der Waals surface area contributed by atoms with Gasteiger partial charge in [-0.2, -0.15) is 0 Å². The number of carbonyl (C=O) groups is 1. The summed E-state index contributed by atoms with van der Waals surface area (Å²) in [5.74, 6) is -0.806. The highest BCUT2D eigenvalue weighted by molar-refractivity contribution is 7.90. The molecule has 0 unspecified atom stereocenters. The van der Waals surface area contributed by atoms with Gasteiger partial charge in [-0.25, -0.2) is 8.42 Å². The number of benzene rings is 1. The molecule has 0 aliphatic rings. The van der Waals surface area contributed by atoms with Gasteiger partial charge in [0.1, 0.15) is 0 Å². The Kier molecular flexibility index (Phi) is 6.16. The summed E-state index contributed by atoms with van der Waals surface area (Å²) in [6.45, 7) is 0.486. The molecule has 0 heterocycles. The molecule has 112 valence electrons. The highest BCUT2D eigenvalue weighted by atomic mass is 32.2. The second-order valence-electron chi connectivity index (χ2n) is 5.06. The molecule has 1 N–H and O–H groups in total. The van der Waals surface area contributed by atoms with Crippen molar-refractivity contribution in [1.82, 2.24) is 4.90 Å². The van der Waals surface area contributed by atoms with E-state index in [2.05, 4.69) is 0 Å². The summed E-state index contributed by atoms with van der Waals surface area (Å²) in [6.07, 6.45) is 0.365. The summed E-state index contributed by atoms with van der Waals surface area (Å²) >= 11 is 0. The van der Waals surface area contributed by atoms with Gasteiger partial charge in [0.25, 0.3) is 0 Å². The van der Waals surface area contributed by atoms with Crippen LogP contribution in [-0.4, -0.2) is 50.8 Å². The van der Waals surface area contributed by atoms with Crippen LogP contribution in [0.5, 0.6) is 0 Å². The maximum absolute atomic E-state index is 12.1.